The smallest absolute Gasteiger partial charge is 0.0208 e. The van der Waals surface area contributed by atoms with Gasteiger partial charge in [0, 0.05) is 21.5 Å². The molecule has 0 spiro atoms. The normalized spacial score (nSPS) is 17.8. The van der Waals surface area contributed by atoms with Crippen LogP contribution in [0.15, 0.2) is 51.4 Å². The molecular weight excluding hydrogens is 378 g/mol. The van der Waals surface area contributed by atoms with E-state index in [0.29, 0.717) is 6.04 Å². The van der Waals surface area contributed by atoms with Crippen LogP contribution in [0.25, 0.3) is 0 Å². The summed E-state index contributed by atoms with van der Waals surface area (Å²) in [5, 5.41) is 3.69. The molecule has 1 atom stereocenters. The standard InChI is InChI=1S/C17H17Br2N/c18-15-3-1-2-12(8-15)11-20-17-7-5-13-9-16(19)6-4-14(13)10-17/h1-4,6,8-9,17,20H,5,7,10-11H2. The Morgan fingerprint density at radius 1 is 1.00 bits per heavy atom. The molecule has 1 unspecified atom stereocenters. The zero-order chi connectivity index (χ0) is 13.9. The highest BCUT2D eigenvalue weighted by Gasteiger charge is 2.18. The maximum Gasteiger partial charge on any atom is 0.0208 e. The van der Waals surface area contributed by atoms with Gasteiger partial charge in [0.05, 0.1) is 0 Å². The average Bonchev–Trinajstić information content (AvgIpc) is 2.45. The van der Waals surface area contributed by atoms with Gasteiger partial charge in [0.2, 0.25) is 0 Å². The second-order valence-corrected chi connectivity index (χ2v) is 7.19. The van der Waals surface area contributed by atoms with Crippen LogP contribution < -0.4 is 5.32 Å². The van der Waals surface area contributed by atoms with Crippen molar-refractivity contribution in [2.75, 3.05) is 0 Å². The Labute approximate surface area is 137 Å². The lowest BCUT2D eigenvalue weighted by atomic mass is 9.88. The van der Waals surface area contributed by atoms with Crippen molar-refractivity contribution in [1.29, 1.82) is 0 Å². The lowest BCUT2D eigenvalue weighted by Crippen LogP contribution is -2.34. The Bertz CT molecular complexity index is 610. The van der Waals surface area contributed by atoms with Crippen molar-refractivity contribution in [1.82, 2.24) is 5.32 Å². The van der Waals surface area contributed by atoms with E-state index in [0.717, 1.165) is 17.4 Å². The first-order chi connectivity index (χ1) is 9.70. The van der Waals surface area contributed by atoms with Gasteiger partial charge in [0.25, 0.3) is 0 Å². The summed E-state index contributed by atoms with van der Waals surface area (Å²) in [5.41, 5.74) is 4.33. The van der Waals surface area contributed by atoms with Crippen molar-refractivity contribution in [3.63, 3.8) is 0 Å². The summed E-state index contributed by atoms with van der Waals surface area (Å²) in [5.74, 6) is 0. The second kappa shape index (κ2) is 6.42. The summed E-state index contributed by atoms with van der Waals surface area (Å²) in [4.78, 5) is 0. The topological polar surface area (TPSA) is 12.0 Å². The van der Waals surface area contributed by atoms with Crippen molar-refractivity contribution < 1.29 is 0 Å². The first-order valence-corrected chi connectivity index (χ1v) is 8.54. The van der Waals surface area contributed by atoms with Gasteiger partial charge in [-0.1, -0.05) is 50.1 Å². The summed E-state index contributed by atoms with van der Waals surface area (Å²) in [6, 6.07) is 15.8. The molecule has 3 heteroatoms. The average molecular weight is 395 g/mol. The Hall–Kier alpha value is -0.640. The van der Waals surface area contributed by atoms with Crippen LogP contribution in [0.4, 0.5) is 0 Å². The lowest BCUT2D eigenvalue weighted by molar-refractivity contribution is 0.457. The zero-order valence-corrected chi connectivity index (χ0v) is 14.4. The maximum absolute atomic E-state index is 3.69. The molecule has 0 saturated carbocycles. The molecule has 0 aliphatic heterocycles. The predicted octanol–water partition coefficient (Wildman–Crippen LogP) is 4.86. The first kappa shape index (κ1) is 14.3. The molecule has 0 fully saturated rings. The molecule has 2 aromatic carbocycles. The highest BCUT2D eigenvalue weighted by Crippen LogP contribution is 2.25. The summed E-state index contributed by atoms with van der Waals surface area (Å²) >= 11 is 7.08. The molecule has 20 heavy (non-hydrogen) atoms. The number of aryl methyl sites for hydroxylation is 1. The third-order valence-electron chi connectivity index (χ3n) is 3.88. The van der Waals surface area contributed by atoms with Crippen molar-refractivity contribution in [2.45, 2.75) is 31.8 Å². The van der Waals surface area contributed by atoms with Gasteiger partial charge >= 0.3 is 0 Å². The first-order valence-electron chi connectivity index (χ1n) is 6.96. The molecule has 0 radical (unpaired) electrons. The Kier molecular flexibility index (Phi) is 4.59. The van der Waals surface area contributed by atoms with Crippen LogP contribution in [-0.2, 0) is 19.4 Å². The fourth-order valence-electron chi connectivity index (χ4n) is 2.81. The van der Waals surface area contributed by atoms with Gasteiger partial charge in [-0.3, -0.25) is 0 Å². The molecule has 1 aliphatic carbocycles. The van der Waals surface area contributed by atoms with Crippen molar-refractivity contribution in [3.8, 4) is 0 Å². The molecule has 3 rings (SSSR count). The zero-order valence-electron chi connectivity index (χ0n) is 11.2. The van der Waals surface area contributed by atoms with Crippen LogP contribution in [-0.4, -0.2) is 6.04 Å². The summed E-state index contributed by atoms with van der Waals surface area (Å²) in [6.07, 6.45) is 3.53. The Morgan fingerprint density at radius 2 is 1.85 bits per heavy atom. The minimum Gasteiger partial charge on any atom is -0.310 e. The number of nitrogens with one attached hydrogen (secondary N) is 1. The molecular formula is C17H17Br2N. The van der Waals surface area contributed by atoms with Crippen LogP contribution in [0, 0.1) is 0 Å². The van der Waals surface area contributed by atoms with Crippen molar-refractivity contribution in [2.24, 2.45) is 0 Å². The van der Waals surface area contributed by atoms with Gasteiger partial charge in [-0.25, -0.2) is 0 Å². The van der Waals surface area contributed by atoms with Gasteiger partial charge in [-0.15, -0.1) is 0 Å². The summed E-state index contributed by atoms with van der Waals surface area (Å²) in [7, 11) is 0. The monoisotopic (exact) mass is 393 g/mol. The summed E-state index contributed by atoms with van der Waals surface area (Å²) < 4.78 is 2.34. The molecule has 1 nitrogen and oxygen atoms in total. The Morgan fingerprint density at radius 3 is 2.70 bits per heavy atom. The van der Waals surface area contributed by atoms with E-state index in [4.69, 9.17) is 0 Å². The number of halogens is 2. The van der Waals surface area contributed by atoms with Crippen LogP contribution in [0.2, 0.25) is 0 Å². The maximum atomic E-state index is 3.69. The second-order valence-electron chi connectivity index (χ2n) is 5.36. The largest absolute Gasteiger partial charge is 0.310 e. The fourth-order valence-corrected chi connectivity index (χ4v) is 3.66. The van der Waals surface area contributed by atoms with E-state index in [1.165, 1.54) is 34.0 Å². The van der Waals surface area contributed by atoms with E-state index < -0.39 is 0 Å². The molecule has 0 bridgehead atoms. The Balaban J connectivity index is 1.62. The van der Waals surface area contributed by atoms with Crippen molar-refractivity contribution in [3.05, 3.63) is 68.1 Å². The van der Waals surface area contributed by atoms with Crippen LogP contribution in [0.1, 0.15) is 23.1 Å². The van der Waals surface area contributed by atoms with E-state index >= 15 is 0 Å². The number of hydrogen-bond donors (Lipinski definition) is 1. The molecule has 104 valence electrons. The van der Waals surface area contributed by atoms with E-state index in [2.05, 4.69) is 79.6 Å². The van der Waals surface area contributed by atoms with Gasteiger partial charge in [0.15, 0.2) is 0 Å². The minimum absolute atomic E-state index is 0.586. The molecule has 1 N–H and O–H groups in total. The molecule has 1 aliphatic rings. The lowest BCUT2D eigenvalue weighted by Gasteiger charge is -2.26. The van der Waals surface area contributed by atoms with E-state index in [9.17, 15) is 0 Å². The molecule has 0 heterocycles. The highest BCUT2D eigenvalue weighted by molar-refractivity contribution is 9.10. The van der Waals surface area contributed by atoms with E-state index in [-0.39, 0.29) is 0 Å². The highest BCUT2D eigenvalue weighted by atomic mass is 79.9. The van der Waals surface area contributed by atoms with E-state index in [1.807, 2.05) is 0 Å². The molecule has 0 amide bonds. The van der Waals surface area contributed by atoms with Crippen LogP contribution in [0.3, 0.4) is 0 Å². The third kappa shape index (κ3) is 3.51. The van der Waals surface area contributed by atoms with Gasteiger partial charge < -0.3 is 5.32 Å². The van der Waals surface area contributed by atoms with E-state index in [1.54, 1.807) is 0 Å². The van der Waals surface area contributed by atoms with Gasteiger partial charge in [0.1, 0.15) is 0 Å². The summed E-state index contributed by atoms with van der Waals surface area (Å²) in [6.45, 7) is 0.940. The third-order valence-corrected chi connectivity index (χ3v) is 4.87. The SMILES string of the molecule is Brc1cccc(CNC2CCc3cc(Br)ccc3C2)c1. The molecule has 2 aromatic rings. The van der Waals surface area contributed by atoms with Gasteiger partial charge in [-0.05, 0) is 60.2 Å². The quantitative estimate of drug-likeness (QED) is 0.783. The fraction of sp³-hybridized carbons (Fsp3) is 0.294. The number of fused-ring (bicyclic) bond motifs is 1. The predicted molar refractivity (Wildman–Crippen MR) is 90.9 cm³/mol. The number of rotatable bonds is 3. The van der Waals surface area contributed by atoms with Crippen molar-refractivity contribution >= 4 is 31.9 Å². The van der Waals surface area contributed by atoms with Gasteiger partial charge in [-0.2, -0.15) is 0 Å². The molecule has 0 aromatic heterocycles. The number of benzene rings is 2. The molecule has 0 saturated heterocycles. The minimum atomic E-state index is 0.586. The van der Waals surface area contributed by atoms with Crippen LogP contribution >= 0.6 is 31.9 Å². The number of hydrogen-bond acceptors (Lipinski definition) is 1. The van der Waals surface area contributed by atoms with Crippen LogP contribution in [0.5, 0.6) is 0 Å².